The molecule has 288 valence electrons. The molecule has 9 nitrogen and oxygen atoms in total. The number of hydrogen-bond acceptors (Lipinski definition) is 5. The smallest absolute Gasteiger partial charge is 0.145 e. The quantitative estimate of drug-likeness (QED) is 0.153. The van der Waals surface area contributed by atoms with E-state index >= 15 is 0 Å². The van der Waals surface area contributed by atoms with Crippen molar-refractivity contribution in [3.8, 4) is 56.8 Å². The van der Waals surface area contributed by atoms with E-state index in [1.54, 1.807) is 0 Å². The maximum Gasteiger partial charge on any atom is 0.145 e. The molecule has 0 N–H and O–H groups in total. The largest absolute Gasteiger partial charge is 0.457 e. The maximum atomic E-state index is 6.50. The van der Waals surface area contributed by atoms with Gasteiger partial charge in [0.05, 0.1) is 51.7 Å². The molecule has 0 saturated carbocycles. The third-order valence-corrected chi connectivity index (χ3v) is 11.4. The van der Waals surface area contributed by atoms with Gasteiger partial charge >= 0.3 is 0 Å². The summed E-state index contributed by atoms with van der Waals surface area (Å²) in [7, 11) is 0. The van der Waals surface area contributed by atoms with Crippen molar-refractivity contribution in [3.05, 3.63) is 207 Å². The van der Waals surface area contributed by atoms with E-state index < -0.39 is 0 Å². The lowest BCUT2D eigenvalue weighted by Crippen LogP contribution is -2.01. The molecule has 6 aromatic heterocycles. The Balaban J connectivity index is 0.806. The lowest BCUT2D eigenvalue weighted by atomic mass is 10.1. The number of benzene rings is 6. The average Bonchev–Trinajstić information content (AvgIpc) is 4.14. The zero-order valence-electron chi connectivity index (χ0n) is 32.6. The molecule has 0 radical (unpaired) electrons. The van der Waals surface area contributed by atoms with Gasteiger partial charge in [-0.15, -0.1) is 0 Å². The van der Waals surface area contributed by atoms with Gasteiger partial charge in [-0.3, -0.25) is 9.55 Å². The molecule has 0 bridgehead atoms. The van der Waals surface area contributed by atoms with Gasteiger partial charge in [-0.2, -0.15) is 10.2 Å². The van der Waals surface area contributed by atoms with E-state index in [0.717, 1.165) is 78.2 Å². The second-order valence-electron chi connectivity index (χ2n) is 14.9. The van der Waals surface area contributed by atoms with Crippen LogP contribution in [0.4, 0.5) is 0 Å². The molecular formula is C52H34N8O. The topological polar surface area (TPSA) is 80.5 Å². The first-order valence-electron chi connectivity index (χ1n) is 20.1. The summed E-state index contributed by atoms with van der Waals surface area (Å²) >= 11 is 0. The maximum absolute atomic E-state index is 6.50. The molecule has 12 aromatic rings. The number of pyridine rings is 2. The van der Waals surface area contributed by atoms with E-state index in [1.807, 2.05) is 107 Å². The Hall–Kier alpha value is -8.56. The van der Waals surface area contributed by atoms with E-state index in [2.05, 4.69) is 123 Å². The number of aromatic nitrogens is 8. The fourth-order valence-corrected chi connectivity index (χ4v) is 8.66. The van der Waals surface area contributed by atoms with Crippen LogP contribution in [0.5, 0.6) is 11.5 Å². The van der Waals surface area contributed by atoms with Crippen molar-refractivity contribution in [2.45, 2.75) is 0 Å². The van der Waals surface area contributed by atoms with Crippen molar-refractivity contribution in [1.29, 1.82) is 0 Å². The standard InChI is InChI=1S/C52H34N8O/c1-4-16-50-43(12-1)45-14-7-28-54-52(45)58(50)38-23-19-36(20-24-38)48-27-31-56-60(48)40-9-6-11-42(33-40)61-41-10-5-8-39(32-41)59-47(26-30-55-59)35-17-21-37(22-18-35)57-49-15-3-2-13-44(49)46-34-53-29-25-51(46)57/h1-34H. The SMILES string of the molecule is c1cc(Oc2cccc(-n3nccc3-c3ccc(-n4c5ccccc5c5cccnc54)cc3)c2)cc(-n2nccc2-c2ccc(-n3c4ccccc4c4cnccc43)cc2)c1. The van der Waals surface area contributed by atoms with E-state index in [0.29, 0.717) is 11.5 Å². The van der Waals surface area contributed by atoms with Gasteiger partial charge in [0.2, 0.25) is 0 Å². The van der Waals surface area contributed by atoms with E-state index in [9.17, 15) is 0 Å². The third-order valence-electron chi connectivity index (χ3n) is 11.4. The fourth-order valence-electron chi connectivity index (χ4n) is 8.66. The van der Waals surface area contributed by atoms with Crippen LogP contribution in [0.2, 0.25) is 0 Å². The Morgan fingerprint density at radius 2 is 0.918 bits per heavy atom. The molecule has 6 heterocycles. The summed E-state index contributed by atoms with van der Waals surface area (Å²) in [4.78, 5) is 9.14. The van der Waals surface area contributed by atoms with Crippen LogP contribution in [-0.4, -0.2) is 38.7 Å². The minimum atomic E-state index is 0.697. The number of rotatable bonds is 8. The molecule has 0 saturated heterocycles. The third kappa shape index (κ3) is 5.78. The molecule has 0 amide bonds. The Bertz CT molecular complexity index is 3230. The van der Waals surface area contributed by atoms with E-state index in [-0.39, 0.29) is 0 Å². The van der Waals surface area contributed by atoms with Crippen LogP contribution in [0.1, 0.15) is 0 Å². The van der Waals surface area contributed by atoms with Crippen LogP contribution in [0.25, 0.3) is 89.0 Å². The normalized spacial score (nSPS) is 11.6. The van der Waals surface area contributed by atoms with E-state index in [1.165, 1.54) is 10.8 Å². The van der Waals surface area contributed by atoms with Crippen LogP contribution in [0.3, 0.4) is 0 Å². The molecular weight excluding hydrogens is 753 g/mol. The van der Waals surface area contributed by atoms with Crippen LogP contribution >= 0.6 is 0 Å². The monoisotopic (exact) mass is 786 g/mol. The van der Waals surface area contributed by atoms with Gasteiger partial charge in [0.25, 0.3) is 0 Å². The first-order chi connectivity index (χ1) is 30.2. The number of hydrogen-bond donors (Lipinski definition) is 0. The lowest BCUT2D eigenvalue weighted by Gasteiger charge is -2.13. The summed E-state index contributed by atoms with van der Waals surface area (Å²) in [5, 5.41) is 14.1. The molecule has 0 fully saturated rings. The van der Waals surface area contributed by atoms with Gasteiger partial charge < -0.3 is 9.30 Å². The highest BCUT2D eigenvalue weighted by Gasteiger charge is 2.16. The molecule has 0 atom stereocenters. The summed E-state index contributed by atoms with van der Waals surface area (Å²) in [6.45, 7) is 0. The van der Waals surface area contributed by atoms with Gasteiger partial charge in [0, 0.05) is 74.8 Å². The summed E-state index contributed by atoms with van der Waals surface area (Å²) in [6.07, 6.45) is 9.30. The first-order valence-corrected chi connectivity index (χ1v) is 20.1. The van der Waals surface area contributed by atoms with E-state index in [4.69, 9.17) is 19.9 Å². The summed E-state index contributed by atoms with van der Waals surface area (Å²) in [6, 6.07) is 60.4. The predicted molar refractivity (Wildman–Crippen MR) is 242 cm³/mol. The number of nitrogens with zero attached hydrogens (tertiary/aromatic N) is 8. The van der Waals surface area contributed by atoms with Crippen LogP contribution in [0, 0.1) is 0 Å². The first kappa shape index (κ1) is 34.5. The summed E-state index contributed by atoms with van der Waals surface area (Å²) in [5.41, 5.74) is 12.3. The molecule has 61 heavy (non-hydrogen) atoms. The number of para-hydroxylation sites is 2. The van der Waals surface area contributed by atoms with Crippen LogP contribution in [0.15, 0.2) is 207 Å². The van der Waals surface area contributed by atoms with Crippen molar-refractivity contribution in [3.63, 3.8) is 0 Å². The highest BCUT2D eigenvalue weighted by Crippen LogP contribution is 2.35. The Morgan fingerprint density at radius 3 is 1.56 bits per heavy atom. The molecule has 0 aliphatic heterocycles. The summed E-state index contributed by atoms with van der Waals surface area (Å²) < 4.78 is 14.9. The second kappa shape index (κ2) is 14.1. The number of fused-ring (bicyclic) bond motifs is 6. The van der Waals surface area contributed by atoms with Gasteiger partial charge in [-0.05, 0) is 91.0 Å². The van der Waals surface area contributed by atoms with Gasteiger partial charge in [-0.25, -0.2) is 14.3 Å². The van der Waals surface area contributed by atoms with Crippen molar-refractivity contribution < 1.29 is 4.74 Å². The molecule has 0 unspecified atom stereocenters. The molecule has 0 aliphatic carbocycles. The van der Waals surface area contributed by atoms with Crippen molar-refractivity contribution in [2.75, 3.05) is 0 Å². The highest BCUT2D eigenvalue weighted by atomic mass is 16.5. The average molecular weight is 787 g/mol. The zero-order valence-corrected chi connectivity index (χ0v) is 32.6. The lowest BCUT2D eigenvalue weighted by molar-refractivity contribution is 0.482. The molecule has 9 heteroatoms. The van der Waals surface area contributed by atoms with Gasteiger partial charge in [0.15, 0.2) is 0 Å². The van der Waals surface area contributed by atoms with Gasteiger partial charge in [0.1, 0.15) is 17.1 Å². The Morgan fingerprint density at radius 1 is 0.377 bits per heavy atom. The second-order valence-corrected chi connectivity index (χ2v) is 14.9. The molecule has 6 aromatic carbocycles. The van der Waals surface area contributed by atoms with Gasteiger partial charge in [-0.1, -0.05) is 72.8 Å². The number of ether oxygens (including phenoxy) is 1. The minimum absolute atomic E-state index is 0.697. The predicted octanol–water partition coefficient (Wildman–Crippen LogP) is 12.2. The Labute approximate surface area is 349 Å². The minimum Gasteiger partial charge on any atom is -0.457 e. The van der Waals surface area contributed by atoms with Crippen molar-refractivity contribution >= 4 is 43.7 Å². The molecule has 0 aliphatic rings. The zero-order chi connectivity index (χ0) is 40.3. The van der Waals surface area contributed by atoms with Crippen LogP contribution in [-0.2, 0) is 0 Å². The summed E-state index contributed by atoms with van der Waals surface area (Å²) in [5.74, 6) is 1.39. The molecule has 12 rings (SSSR count). The highest BCUT2D eigenvalue weighted by molar-refractivity contribution is 6.09. The molecule has 0 spiro atoms. The fraction of sp³-hybridized carbons (Fsp3) is 0. The van der Waals surface area contributed by atoms with Crippen molar-refractivity contribution in [1.82, 2.24) is 38.7 Å². The van der Waals surface area contributed by atoms with Crippen molar-refractivity contribution in [2.24, 2.45) is 0 Å². The van der Waals surface area contributed by atoms with Crippen LogP contribution < -0.4 is 4.74 Å². The Kier molecular flexibility index (Phi) is 7.95.